The maximum Gasteiger partial charge on any atom is 0.324 e. The van der Waals surface area contributed by atoms with Crippen LogP contribution in [0.2, 0.25) is 0 Å². The highest BCUT2D eigenvalue weighted by Gasteiger charge is 2.08. The van der Waals surface area contributed by atoms with E-state index in [0.717, 1.165) is 18.5 Å². The predicted octanol–water partition coefficient (Wildman–Crippen LogP) is 3.15. The number of anilines is 2. The van der Waals surface area contributed by atoms with Crippen LogP contribution in [0.3, 0.4) is 0 Å². The molecule has 0 aliphatic carbocycles. The Kier molecular flexibility index (Phi) is 4.12. The lowest BCUT2D eigenvalue weighted by atomic mass is 10.2. The smallest absolute Gasteiger partial charge is 0.305 e. The van der Waals surface area contributed by atoms with Gasteiger partial charge in [0.1, 0.15) is 5.82 Å². The number of hydrogen-bond donors (Lipinski definition) is 3. The molecule has 0 saturated heterocycles. The summed E-state index contributed by atoms with van der Waals surface area (Å²) in [4.78, 5) is 11.7. The van der Waals surface area contributed by atoms with Crippen LogP contribution in [0.4, 0.5) is 20.7 Å². The van der Waals surface area contributed by atoms with Crippen molar-refractivity contribution >= 4 is 17.5 Å². The number of nitrogens with zero attached hydrogens (tertiary/aromatic N) is 1. The Bertz CT molecular complexity index is 567. The molecule has 19 heavy (non-hydrogen) atoms. The molecule has 3 N–H and O–H groups in total. The Balaban J connectivity index is 1.95. The first-order chi connectivity index (χ1) is 9.19. The lowest BCUT2D eigenvalue weighted by Crippen LogP contribution is -2.20. The molecule has 0 aliphatic rings. The van der Waals surface area contributed by atoms with Gasteiger partial charge in [0.25, 0.3) is 0 Å². The van der Waals surface area contributed by atoms with Crippen molar-refractivity contribution in [2.75, 3.05) is 10.6 Å². The van der Waals surface area contributed by atoms with Crippen LogP contribution in [-0.4, -0.2) is 16.2 Å². The van der Waals surface area contributed by atoms with E-state index in [-0.39, 0.29) is 5.69 Å². The van der Waals surface area contributed by atoms with Crippen molar-refractivity contribution in [2.45, 2.75) is 19.8 Å². The lowest BCUT2D eigenvalue weighted by molar-refractivity contribution is 0.262. The Morgan fingerprint density at radius 1 is 1.37 bits per heavy atom. The van der Waals surface area contributed by atoms with Crippen LogP contribution in [0.15, 0.2) is 30.3 Å². The van der Waals surface area contributed by atoms with Crippen LogP contribution in [0, 0.1) is 5.82 Å². The number of H-pyrrole nitrogens is 1. The van der Waals surface area contributed by atoms with Gasteiger partial charge in [0.05, 0.1) is 5.69 Å². The third-order valence-corrected chi connectivity index (χ3v) is 2.51. The maximum atomic E-state index is 13.3. The molecule has 1 heterocycles. The zero-order valence-corrected chi connectivity index (χ0v) is 10.5. The van der Waals surface area contributed by atoms with E-state index in [2.05, 4.69) is 27.8 Å². The molecule has 100 valence electrons. The van der Waals surface area contributed by atoms with Gasteiger partial charge in [0.15, 0.2) is 5.82 Å². The number of aryl methyl sites for hydroxylation is 1. The van der Waals surface area contributed by atoms with Crippen LogP contribution in [0.25, 0.3) is 0 Å². The van der Waals surface area contributed by atoms with Gasteiger partial charge in [0.2, 0.25) is 0 Å². The number of carbonyl (C=O) groups is 1. The summed E-state index contributed by atoms with van der Waals surface area (Å²) in [6, 6.07) is 7.20. The standard InChI is InChI=1S/C13H15FN4O/c1-2-5-9-8-12(18-17-9)16-13(19)15-11-7-4-3-6-10(11)14/h3-4,6-8H,2,5H2,1H3,(H3,15,16,17,18,19). The SMILES string of the molecule is CCCc1cc(NC(=O)Nc2ccccc2F)n[nH]1. The number of carbonyl (C=O) groups excluding carboxylic acids is 1. The largest absolute Gasteiger partial charge is 0.324 e. The minimum atomic E-state index is -0.528. The second kappa shape index (κ2) is 5.99. The summed E-state index contributed by atoms with van der Waals surface area (Å²) in [6.07, 6.45) is 1.85. The number of hydrogen-bond acceptors (Lipinski definition) is 2. The van der Waals surface area contributed by atoms with Crippen molar-refractivity contribution in [3.8, 4) is 0 Å². The normalized spacial score (nSPS) is 10.2. The summed E-state index contributed by atoms with van der Waals surface area (Å²) in [7, 11) is 0. The lowest BCUT2D eigenvalue weighted by Gasteiger charge is -2.05. The average Bonchev–Trinajstić information content (AvgIpc) is 2.80. The second-order valence-corrected chi connectivity index (χ2v) is 4.09. The van der Waals surface area contributed by atoms with E-state index in [1.807, 2.05) is 0 Å². The van der Waals surface area contributed by atoms with Gasteiger partial charge < -0.3 is 5.32 Å². The molecular formula is C13H15FN4O. The maximum absolute atomic E-state index is 13.3. The fourth-order valence-electron chi connectivity index (χ4n) is 1.66. The van der Waals surface area contributed by atoms with Crippen LogP contribution in [0.5, 0.6) is 0 Å². The van der Waals surface area contributed by atoms with Gasteiger partial charge in [-0.3, -0.25) is 10.4 Å². The third kappa shape index (κ3) is 3.54. The van der Waals surface area contributed by atoms with Gasteiger partial charge >= 0.3 is 6.03 Å². The van der Waals surface area contributed by atoms with Crippen molar-refractivity contribution in [1.29, 1.82) is 0 Å². The van der Waals surface area contributed by atoms with E-state index in [4.69, 9.17) is 0 Å². The highest BCUT2D eigenvalue weighted by atomic mass is 19.1. The Hall–Kier alpha value is -2.37. The topological polar surface area (TPSA) is 69.8 Å². The van der Waals surface area contributed by atoms with Crippen LogP contribution < -0.4 is 10.6 Å². The number of para-hydroxylation sites is 1. The van der Waals surface area contributed by atoms with Crippen LogP contribution in [0.1, 0.15) is 19.0 Å². The van der Waals surface area contributed by atoms with E-state index >= 15 is 0 Å². The number of amides is 2. The molecule has 1 aromatic carbocycles. The van der Waals surface area contributed by atoms with E-state index in [0.29, 0.717) is 5.82 Å². The van der Waals surface area contributed by atoms with Crippen molar-refractivity contribution in [2.24, 2.45) is 0 Å². The Morgan fingerprint density at radius 3 is 2.89 bits per heavy atom. The molecule has 2 rings (SSSR count). The summed E-state index contributed by atoms with van der Waals surface area (Å²) >= 11 is 0. The molecule has 0 fully saturated rings. The molecule has 6 heteroatoms. The van der Waals surface area contributed by atoms with Gasteiger partial charge in [-0.2, -0.15) is 5.10 Å². The first kappa shape index (κ1) is 13.1. The number of benzene rings is 1. The quantitative estimate of drug-likeness (QED) is 0.792. The molecular weight excluding hydrogens is 247 g/mol. The molecule has 0 unspecified atom stereocenters. The summed E-state index contributed by atoms with van der Waals surface area (Å²) in [5, 5.41) is 11.7. The highest BCUT2D eigenvalue weighted by molar-refractivity contribution is 5.99. The predicted molar refractivity (Wildman–Crippen MR) is 71.6 cm³/mol. The number of urea groups is 1. The monoisotopic (exact) mass is 262 g/mol. The van der Waals surface area contributed by atoms with Crippen LogP contribution in [-0.2, 0) is 6.42 Å². The Labute approximate surface area is 110 Å². The van der Waals surface area contributed by atoms with E-state index in [9.17, 15) is 9.18 Å². The van der Waals surface area contributed by atoms with Crippen molar-refractivity contribution in [3.63, 3.8) is 0 Å². The van der Waals surface area contributed by atoms with Crippen molar-refractivity contribution < 1.29 is 9.18 Å². The van der Waals surface area contributed by atoms with E-state index in [1.165, 1.54) is 12.1 Å². The highest BCUT2D eigenvalue weighted by Crippen LogP contribution is 2.13. The summed E-state index contributed by atoms with van der Waals surface area (Å²) < 4.78 is 13.3. The molecule has 2 aromatic rings. The number of aromatic nitrogens is 2. The first-order valence-corrected chi connectivity index (χ1v) is 6.06. The zero-order valence-electron chi connectivity index (χ0n) is 10.5. The fourth-order valence-corrected chi connectivity index (χ4v) is 1.66. The molecule has 0 spiro atoms. The summed E-state index contributed by atoms with van der Waals surface area (Å²) in [5.74, 6) is -0.0661. The third-order valence-electron chi connectivity index (χ3n) is 2.51. The minimum Gasteiger partial charge on any atom is -0.305 e. The van der Waals surface area contributed by atoms with E-state index < -0.39 is 11.8 Å². The Morgan fingerprint density at radius 2 is 2.16 bits per heavy atom. The van der Waals surface area contributed by atoms with Crippen molar-refractivity contribution in [3.05, 3.63) is 41.8 Å². The fraction of sp³-hybridized carbons (Fsp3) is 0.231. The summed E-state index contributed by atoms with van der Waals surface area (Å²) in [6.45, 7) is 2.05. The van der Waals surface area contributed by atoms with Gasteiger partial charge in [-0.05, 0) is 18.6 Å². The first-order valence-electron chi connectivity index (χ1n) is 6.06. The molecule has 0 radical (unpaired) electrons. The molecule has 2 amide bonds. The zero-order chi connectivity index (χ0) is 13.7. The summed E-state index contributed by atoms with van der Waals surface area (Å²) in [5.41, 5.74) is 1.08. The molecule has 5 nitrogen and oxygen atoms in total. The molecule has 0 aliphatic heterocycles. The van der Waals surface area contributed by atoms with Gasteiger partial charge in [-0.1, -0.05) is 25.5 Å². The van der Waals surface area contributed by atoms with Gasteiger partial charge in [-0.25, -0.2) is 9.18 Å². The molecule has 0 atom stereocenters. The molecule has 0 bridgehead atoms. The van der Waals surface area contributed by atoms with E-state index in [1.54, 1.807) is 18.2 Å². The van der Waals surface area contributed by atoms with Crippen molar-refractivity contribution in [1.82, 2.24) is 10.2 Å². The molecule has 1 aromatic heterocycles. The number of halogens is 1. The van der Waals surface area contributed by atoms with Gasteiger partial charge in [0, 0.05) is 11.8 Å². The molecule has 0 saturated carbocycles. The number of aromatic amines is 1. The van der Waals surface area contributed by atoms with Crippen LogP contribution >= 0.6 is 0 Å². The minimum absolute atomic E-state index is 0.129. The average molecular weight is 262 g/mol. The van der Waals surface area contributed by atoms with Gasteiger partial charge in [-0.15, -0.1) is 0 Å². The second-order valence-electron chi connectivity index (χ2n) is 4.09. The number of nitrogens with one attached hydrogen (secondary N) is 3. The number of rotatable bonds is 4.